The van der Waals surface area contributed by atoms with Crippen molar-refractivity contribution in [2.24, 2.45) is 11.8 Å². The molecular formula is C10H15N. The minimum absolute atomic E-state index is 0.685. The Hall–Kier alpha value is -0.0400. The second-order valence-electron chi connectivity index (χ2n) is 5.65. The van der Waals surface area contributed by atoms with Crippen molar-refractivity contribution >= 4 is 0 Å². The van der Waals surface area contributed by atoms with E-state index in [0.717, 1.165) is 11.8 Å². The number of piperidine rings is 2. The highest BCUT2D eigenvalue weighted by atomic mass is 15.2. The van der Waals surface area contributed by atoms with Gasteiger partial charge in [-0.2, -0.15) is 0 Å². The van der Waals surface area contributed by atoms with Crippen molar-refractivity contribution in [2.75, 3.05) is 0 Å². The monoisotopic (exact) mass is 149 g/mol. The molecule has 3 saturated heterocycles. The van der Waals surface area contributed by atoms with Gasteiger partial charge in [0.2, 0.25) is 0 Å². The minimum atomic E-state index is 0.685. The van der Waals surface area contributed by atoms with Crippen LogP contribution >= 0.6 is 0 Å². The highest BCUT2D eigenvalue weighted by molar-refractivity contribution is 5.25. The van der Waals surface area contributed by atoms with E-state index in [2.05, 4.69) is 5.32 Å². The van der Waals surface area contributed by atoms with E-state index in [1.807, 2.05) is 0 Å². The summed E-state index contributed by atoms with van der Waals surface area (Å²) in [6.07, 6.45) is 9.19. The van der Waals surface area contributed by atoms with E-state index in [1.165, 1.54) is 32.1 Å². The smallest absolute Gasteiger partial charge is 0.0209 e. The summed E-state index contributed by atoms with van der Waals surface area (Å²) < 4.78 is 0. The van der Waals surface area contributed by atoms with Crippen LogP contribution in [0, 0.1) is 11.8 Å². The van der Waals surface area contributed by atoms with Gasteiger partial charge in [0.15, 0.2) is 0 Å². The third-order valence-electron chi connectivity index (χ3n) is 4.59. The second-order valence-corrected chi connectivity index (χ2v) is 5.65. The van der Waals surface area contributed by atoms with E-state index in [0.29, 0.717) is 11.1 Å². The third kappa shape index (κ3) is 0.488. The van der Waals surface area contributed by atoms with Crippen molar-refractivity contribution in [3.8, 4) is 0 Å². The van der Waals surface area contributed by atoms with Crippen molar-refractivity contribution in [2.45, 2.75) is 49.6 Å². The summed E-state index contributed by atoms with van der Waals surface area (Å²) in [5, 5.41) is 3.87. The Morgan fingerprint density at radius 3 is 1.73 bits per heavy atom. The van der Waals surface area contributed by atoms with E-state index in [-0.39, 0.29) is 0 Å². The summed E-state index contributed by atoms with van der Waals surface area (Å²) in [6, 6.07) is 0. The first kappa shape index (κ1) is 5.58. The molecule has 7 rings (SSSR count). The van der Waals surface area contributed by atoms with Gasteiger partial charge in [0.1, 0.15) is 0 Å². The van der Waals surface area contributed by atoms with E-state index < -0.39 is 0 Å². The molecule has 3 heterocycles. The van der Waals surface area contributed by atoms with Crippen LogP contribution in [0.15, 0.2) is 0 Å². The zero-order valence-corrected chi connectivity index (χ0v) is 6.90. The van der Waals surface area contributed by atoms with Crippen LogP contribution in [0.5, 0.6) is 0 Å². The summed E-state index contributed by atoms with van der Waals surface area (Å²) in [5.41, 5.74) is 1.37. The average Bonchev–Trinajstić information content (AvgIpc) is 1.77. The van der Waals surface area contributed by atoms with Crippen molar-refractivity contribution in [3.05, 3.63) is 0 Å². The van der Waals surface area contributed by atoms with E-state index >= 15 is 0 Å². The van der Waals surface area contributed by atoms with E-state index in [9.17, 15) is 0 Å². The molecule has 1 heteroatoms. The van der Waals surface area contributed by atoms with E-state index in [4.69, 9.17) is 0 Å². The fourth-order valence-corrected chi connectivity index (χ4v) is 5.01. The molecule has 0 amide bonds. The molecule has 0 aromatic heterocycles. The van der Waals surface area contributed by atoms with Gasteiger partial charge in [0, 0.05) is 11.1 Å². The Balaban J connectivity index is 1.87. The standard InChI is InChI=1S/C10H15N/c1-7-2-9-4-8(1)5-10(3-7,6-9)11-9/h7-8,11H,1-6H2. The third-order valence-corrected chi connectivity index (χ3v) is 4.59. The largest absolute Gasteiger partial charge is 0.306 e. The molecule has 7 aliphatic rings. The molecule has 0 unspecified atom stereocenters. The van der Waals surface area contributed by atoms with Gasteiger partial charge in [-0.05, 0) is 50.4 Å². The Morgan fingerprint density at radius 1 is 0.909 bits per heavy atom. The molecule has 0 radical (unpaired) electrons. The summed E-state index contributed by atoms with van der Waals surface area (Å²) in [7, 11) is 0. The van der Waals surface area contributed by atoms with Crippen LogP contribution < -0.4 is 5.32 Å². The van der Waals surface area contributed by atoms with Gasteiger partial charge in [-0.3, -0.25) is 0 Å². The highest BCUT2D eigenvalue weighted by Crippen LogP contribution is 2.64. The first-order valence-corrected chi connectivity index (χ1v) is 5.07. The summed E-state index contributed by atoms with van der Waals surface area (Å²) in [5.74, 6) is 2.25. The molecular weight excluding hydrogens is 134 g/mol. The maximum atomic E-state index is 3.87. The molecule has 4 aliphatic carbocycles. The number of hydrogen-bond acceptors (Lipinski definition) is 1. The molecule has 1 nitrogen and oxygen atoms in total. The van der Waals surface area contributed by atoms with Crippen LogP contribution in [-0.4, -0.2) is 11.1 Å². The molecule has 60 valence electrons. The maximum Gasteiger partial charge on any atom is 0.0209 e. The topological polar surface area (TPSA) is 12.0 Å². The quantitative estimate of drug-likeness (QED) is 0.552. The molecule has 3 aliphatic heterocycles. The first-order valence-electron chi connectivity index (χ1n) is 5.07. The number of nitrogens with one attached hydrogen (secondary N) is 1. The Bertz CT molecular complexity index is 174. The van der Waals surface area contributed by atoms with Crippen molar-refractivity contribution in [3.63, 3.8) is 0 Å². The van der Waals surface area contributed by atoms with Gasteiger partial charge < -0.3 is 5.32 Å². The molecule has 0 aromatic carbocycles. The SMILES string of the molecule is C1C2CC34CC1CC(C2)(C3)N4. The lowest BCUT2D eigenvalue weighted by molar-refractivity contribution is -0.153. The van der Waals surface area contributed by atoms with Gasteiger partial charge in [-0.15, -0.1) is 0 Å². The normalized spacial score (nSPS) is 69.8. The molecule has 7 fully saturated rings. The zero-order valence-electron chi connectivity index (χ0n) is 6.90. The molecule has 4 saturated carbocycles. The van der Waals surface area contributed by atoms with Gasteiger partial charge >= 0.3 is 0 Å². The van der Waals surface area contributed by atoms with Crippen molar-refractivity contribution in [1.29, 1.82) is 0 Å². The number of hydrogen-bond donors (Lipinski definition) is 1. The summed E-state index contributed by atoms with van der Waals surface area (Å²) in [4.78, 5) is 0. The Morgan fingerprint density at radius 2 is 1.36 bits per heavy atom. The summed E-state index contributed by atoms with van der Waals surface area (Å²) >= 11 is 0. The Labute approximate surface area is 67.6 Å². The molecule has 2 spiro atoms. The van der Waals surface area contributed by atoms with E-state index in [1.54, 1.807) is 6.42 Å². The van der Waals surface area contributed by atoms with Gasteiger partial charge in [0.05, 0.1) is 0 Å². The predicted molar refractivity (Wildman–Crippen MR) is 43.3 cm³/mol. The average molecular weight is 149 g/mol. The van der Waals surface area contributed by atoms with Crippen LogP contribution in [-0.2, 0) is 0 Å². The highest BCUT2D eigenvalue weighted by Gasteiger charge is 2.66. The van der Waals surface area contributed by atoms with Crippen molar-refractivity contribution < 1.29 is 0 Å². The molecule has 4 bridgehead atoms. The van der Waals surface area contributed by atoms with Gasteiger partial charge in [0.25, 0.3) is 0 Å². The molecule has 0 atom stereocenters. The van der Waals surface area contributed by atoms with Gasteiger partial charge in [-0.1, -0.05) is 0 Å². The fraction of sp³-hybridized carbons (Fsp3) is 1.00. The van der Waals surface area contributed by atoms with Crippen LogP contribution in [0.3, 0.4) is 0 Å². The van der Waals surface area contributed by atoms with Gasteiger partial charge in [-0.25, -0.2) is 0 Å². The van der Waals surface area contributed by atoms with Crippen LogP contribution in [0.2, 0.25) is 0 Å². The zero-order chi connectivity index (χ0) is 7.10. The summed E-state index contributed by atoms with van der Waals surface area (Å²) in [6.45, 7) is 0. The predicted octanol–water partition coefficient (Wildman–Crippen LogP) is 1.68. The first-order chi connectivity index (χ1) is 5.28. The molecule has 1 N–H and O–H groups in total. The molecule has 11 heavy (non-hydrogen) atoms. The molecule has 0 aromatic rings. The van der Waals surface area contributed by atoms with Crippen LogP contribution in [0.1, 0.15) is 38.5 Å². The Kier molecular flexibility index (Phi) is 0.651. The lowest BCUT2D eigenvalue weighted by Gasteiger charge is -2.73. The number of rotatable bonds is 0. The lowest BCUT2D eigenvalue weighted by atomic mass is 9.44. The fourth-order valence-electron chi connectivity index (χ4n) is 5.01. The van der Waals surface area contributed by atoms with Crippen molar-refractivity contribution in [1.82, 2.24) is 5.32 Å². The maximum absolute atomic E-state index is 3.87. The second kappa shape index (κ2) is 1.28. The minimum Gasteiger partial charge on any atom is -0.306 e. The van der Waals surface area contributed by atoms with Crippen LogP contribution in [0.4, 0.5) is 0 Å². The van der Waals surface area contributed by atoms with Crippen LogP contribution in [0.25, 0.3) is 0 Å². The lowest BCUT2D eigenvalue weighted by Crippen LogP contribution is -2.81.